The van der Waals surface area contributed by atoms with Crippen LogP contribution in [0, 0.1) is 17.5 Å². The fraction of sp³-hybridized carbons (Fsp3) is 0.231. The van der Waals surface area contributed by atoms with Crippen molar-refractivity contribution in [1.82, 2.24) is 0 Å². The van der Waals surface area contributed by atoms with Crippen LogP contribution in [0.2, 0.25) is 0 Å². The number of unbranched alkanes of at least 4 members (excludes halogenated alkanes) is 2. The number of fused-ring (bicyclic) bond motifs is 3. The third-order valence-corrected chi connectivity index (χ3v) is 5.72. The van der Waals surface area contributed by atoms with Gasteiger partial charge >= 0.3 is 6.18 Å². The second kappa shape index (κ2) is 8.49. The fourth-order valence-corrected chi connectivity index (χ4v) is 4.12. The molecule has 0 aliphatic heterocycles. The lowest BCUT2D eigenvalue weighted by atomic mass is 9.94. The smallest absolute Gasteiger partial charge is 0.206 e. The first-order valence-corrected chi connectivity index (χ1v) is 10.4. The van der Waals surface area contributed by atoms with Crippen LogP contribution in [0.5, 0.6) is 0 Å². The summed E-state index contributed by atoms with van der Waals surface area (Å²) >= 11 is 0. The number of rotatable bonds is 5. The molecule has 0 saturated heterocycles. The van der Waals surface area contributed by atoms with Crippen molar-refractivity contribution < 1.29 is 26.3 Å². The Balaban J connectivity index is 1.79. The van der Waals surface area contributed by atoms with Gasteiger partial charge in [-0.25, -0.2) is 13.2 Å². The summed E-state index contributed by atoms with van der Waals surface area (Å²) < 4.78 is 81.8. The van der Waals surface area contributed by atoms with Gasteiger partial charge in [0.25, 0.3) is 0 Å². The molecular weight excluding hydrogens is 426 g/mol. The normalized spacial score (nSPS) is 12.1. The second-order valence-electron chi connectivity index (χ2n) is 7.91. The van der Waals surface area contributed by atoms with Crippen LogP contribution >= 0.6 is 0 Å². The molecule has 0 aliphatic rings. The molecule has 0 fully saturated rings. The molecule has 0 unspecified atom stereocenters. The quantitative estimate of drug-likeness (QED) is 0.163. The molecule has 32 heavy (non-hydrogen) atoms. The molecule has 0 amide bonds. The Hall–Kier alpha value is -3.02. The van der Waals surface area contributed by atoms with Crippen LogP contribution in [-0.4, -0.2) is 0 Å². The summed E-state index contributed by atoms with van der Waals surface area (Å²) in [5, 5.41) is 2.63. The van der Waals surface area contributed by atoms with E-state index in [1.807, 2.05) is 12.1 Å². The standard InChI is InChI=1S/C26H20F6/c1-2-3-4-5-15-6-8-18-16(12-15)7-9-21-20(18)11-10-19(25(21)29)17-13-22(27)24(23(28)14-17)26(30,31)32/h6-14H,2-5H2,1H3. The van der Waals surface area contributed by atoms with Crippen LogP contribution in [0.25, 0.3) is 32.7 Å². The van der Waals surface area contributed by atoms with Crippen LogP contribution in [0.3, 0.4) is 0 Å². The molecule has 4 aromatic carbocycles. The Kier molecular flexibility index (Phi) is 5.89. The van der Waals surface area contributed by atoms with E-state index in [2.05, 4.69) is 13.0 Å². The summed E-state index contributed by atoms with van der Waals surface area (Å²) in [5.41, 5.74) is -1.25. The number of alkyl halides is 3. The van der Waals surface area contributed by atoms with Gasteiger partial charge in [-0.05, 0) is 52.3 Å². The highest BCUT2D eigenvalue weighted by Crippen LogP contribution is 2.38. The van der Waals surface area contributed by atoms with Gasteiger partial charge in [-0.15, -0.1) is 0 Å². The minimum Gasteiger partial charge on any atom is -0.206 e. The number of benzene rings is 4. The maximum Gasteiger partial charge on any atom is 0.422 e. The lowest BCUT2D eigenvalue weighted by Crippen LogP contribution is -2.11. The molecule has 0 heterocycles. The SMILES string of the molecule is CCCCCc1ccc2c(ccc3c(F)c(-c4cc(F)c(C(F)(F)F)c(F)c4)ccc32)c1. The zero-order valence-corrected chi connectivity index (χ0v) is 17.3. The average Bonchev–Trinajstić information content (AvgIpc) is 2.72. The zero-order valence-electron chi connectivity index (χ0n) is 17.3. The van der Waals surface area contributed by atoms with Crippen molar-refractivity contribution in [3.05, 3.63) is 83.2 Å². The van der Waals surface area contributed by atoms with Crippen molar-refractivity contribution in [2.75, 3.05) is 0 Å². The predicted molar refractivity (Wildman–Crippen MR) is 115 cm³/mol. The lowest BCUT2D eigenvalue weighted by molar-refractivity contribution is -0.142. The highest BCUT2D eigenvalue weighted by molar-refractivity contribution is 6.08. The largest absolute Gasteiger partial charge is 0.422 e. The number of aryl methyl sites for hydroxylation is 1. The number of hydrogen-bond acceptors (Lipinski definition) is 0. The van der Waals surface area contributed by atoms with Gasteiger partial charge < -0.3 is 0 Å². The summed E-state index contributed by atoms with van der Waals surface area (Å²) in [6.45, 7) is 2.14. The van der Waals surface area contributed by atoms with Gasteiger partial charge in [0, 0.05) is 10.9 Å². The van der Waals surface area contributed by atoms with Crippen LogP contribution in [-0.2, 0) is 12.6 Å². The topological polar surface area (TPSA) is 0 Å². The van der Waals surface area contributed by atoms with Crippen LogP contribution in [0.1, 0.15) is 37.3 Å². The van der Waals surface area contributed by atoms with Crippen LogP contribution < -0.4 is 0 Å². The van der Waals surface area contributed by atoms with Crippen molar-refractivity contribution in [3.63, 3.8) is 0 Å². The molecule has 0 saturated carbocycles. The number of hydrogen-bond donors (Lipinski definition) is 0. The van der Waals surface area contributed by atoms with Gasteiger partial charge in [0.15, 0.2) is 0 Å². The van der Waals surface area contributed by atoms with E-state index in [0.717, 1.165) is 36.5 Å². The average molecular weight is 446 g/mol. The van der Waals surface area contributed by atoms with Gasteiger partial charge in [0.2, 0.25) is 0 Å². The van der Waals surface area contributed by atoms with Gasteiger partial charge in [-0.1, -0.05) is 62.2 Å². The number of halogens is 6. The van der Waals surface area contributed by atoms with Crippen LogP contribution in [0.4, 0.5) is 26.3 Å². The molecule has 6 heteroatoms. The van der Waals surface area contributed by atoms with Crippen molar-refractivity contribution in [3.8, 4) is 11.1 Å². The molecule has 4 aromatic rings. The van der Waals surface area contributed by atoms with E-state index >= 15 is 4.39 Å². The van der Waals surface area contributed by atoms with E-state index < -0.39 is 29.2 Å². The van der Waals surface area contributed by atoms with E-state index in [9.17, 15) is 22.0 Å². The Morgan fingerprint density at radius 1 is 0.719 bits per heavy atom. The van der Waals surface area contributed by atoms with Gasteiger partial charge in [0.1, 0.15) is 23.0 Å². The highest BCUT2D eigenvalue weighted by atomic mass is 19.4. The second-order valence-corrected chi connectivity index (χ2v) is 7.91. The summed E-state index contributed by atoms with van der Waals surface area (Å²) in [7, 11) is 0. The molecule has 0 aromatic heterocycles. The fourth-order valence-electron chi connectivity index (χ4n) is 4.12. The molecule has 0 N–H and O–H groups in total. The molecule has 0 spiro atoms. The molecule has 4 rings (SSSR count). The van der Waals surface area contributed by atoms with Crippen molar-refractivity contribution in [2.24, 2.45) is 0 Å². The first-order valence-electron chi connectivity index (χ1n) is 10.4. The lowest BCUT2D eigenvalue weighted by Gasteiger charge is -2.13. The minimum absolute atomic E-state index is 0.167. The van der Waals surface area contributed by atoms with Crippen molar-refractivity contribution in [2.45, 2.75) is 38.8 Å². The van der Waals surface area contributed by atoms with E-state index in [-0.39, 0.29) is 16.5 Å². The summed E-state index contributed by atoms with van der Waals surface area (Å²) in [4.78, 5) is 0. The van der Waals surface area contributed by atoms with E-state index in [1.54, 1.807) is 18.2 Å². The Bertz CT molecular complexity index is 1280. The molecule has 0 aliphatic carbocycles. The first-order chi connectivity index (χ1) is 15.2. The van der Waals surface area contributed by atoms with Gasteiger partial charge in [-0.3, -0.25) is 0 Å². The molecule has 0 bridgehead atoms. The predicted octanol–water partition coefficient (Wildman–Crippen LogP) is 8.83. The summed E-state index contributed by atoms with van der Waals surface area (Å²) in [6.07, 6.45) is -0.849. The molecule has 0 nitrogen and oxygen atoms in total. The van der Waals surface area contributed by atoms with E-state index in [0.29, 0.717) is 17.5 Å². The zero-order chi connectivity index (χ0) is 23.0. The molecular formula is C26H20F6. The highest BCUT2D eigenvalue weighted by Gasteiger charge is 2.38. The molecule has 166 valence electrons. The third-order valence-electron chi connectivity index (χ3n) is 5.72. The Labute approximate surface area is 181 Å². The maximum absolute atomic E-state index is 15.3. The van der Waals surface area contributed by atoms with Crippen molar-refractivity contribution in [1.29, 1.82) is 0 Å². The first kappa shape index (κ1) is 22.2. The van der Waals surface area contributed by atoms with E-state index in [1.165, 1.54) is 11.6 Å². The van der Waals surface area contributed by atoms with Gasteiger partial charge in [0.05, 0.1) is 0 Å². The summed E-state index contributed by atoms with van der Waals surface area (Å²) in [6, 6.07) is 13.4. The van der Waals surface area contributed by atoms with Crippen LogP contribution in [0.15, 0.2) is 54.6 Å². The summed E-state index contributed by atoms with van der Waals surface area (Å²) in [5.74, 6) is -4.29. The maximum atomic E-state index is 15.3. The van der Waals surface area contributed by atoms with Crippen molar-refractivity contribution >= 4 is 21.5 Å². The monoisotopic (exact) mass is 446 g/mol. The third kappa shape index (κ3) is 4.06. The molecule has 0 radical (unpaired) electrons. The Morgan fingerprint density at radius 2 is 1.38 bits per heavy atom. The Morgan fingerprint density at radius 3 is 2.03 bits per heavy atom. The minimum atomic E-state index is -5.18. The van der Waals surface area contributed by atoms with E-state index in [4.69, 9.17) is 0 Å². The van der Waals surface area contributed by atoms with Gasteiger partial charge in [-0.2, -0.15) is 13.2 Å². The molecule has 0 atom stereocenters.